The molecule has 5 atom stereocenters. The summed E-state index contributed by atoms with van der Waals surface area (Å²) in [5, 5.41) is 30.8. The largest absolute Gasteiger partial charge is 0.395 e. The van der Waals surface area contributed by atoms with Crippen LogP contribution in [0, 0.1) is 22.7 Å². The van der Waals surface area contributed by atoms with Crippen molar-refractivity contribution in [2.75, 3.05) is 6.61 Å². The Hall–Kier alpha value is -0.710. The van der Waals surface area contributed by atoms with E-state index in [0.29, 0.717) is 12.0 Å². The Balaban J connectivity index is 2.72. The van der Waals surface area contributed by atoms with Crippen LogP contribution in [0.1, 0.15) is 34.1 Å². The van der Waals surface area contributed by atoms with Crippen LogP contribution in [0.2, 0.25) is 0 Å². The summed E-state index contributed by atoms with van der Waals surface area (Å²) in [4.78, 5) is 11.4. The van der Waals surface area contributed by atoms with Crippen LogP contribution in [0.3, 0.4) is 0 Å². The molecule has 0 radical (unpaired) electrons. The lowest BCUT2D eigenvalue weighted by Gasteiger charge is -2.38. The first-order valence-corrected chi connectivity index (χ1v) is 6.88. The van der Waals surface area contributed by atoms with Gasteiger partial charge in [0.2, 0.25) is 0 Å². The highest BCUT2D eigenvalue weighted by molar-refractivity contribution is 5.77. The van der Waals surface area contributed by atoms with Crippen LogP contribution in [-0.2, 0) is 4.79 Å². The highest BCUT2D eigenvalue weighted by Crippen LogP contribution is 2.61. The van der Waals surface area contributed by atoms with Gasteiger partial charge in [-0.05, 0) is 23.5 Å². The van der Waals surface area contributed by atoms with Gasteiger partial charge in [0.1, 0.15) is 6.29 Å². The molecular weight excluding hydrogens is 244 g/mol. The number of carbonyl (C=O) groups is 1. The van der Waals surface area contributed by atoms with Crippen molar-refractivity contribution in [3.05, 3.63) is 11.1 Å². The number of rotatable bonds is 2. The van der Waals surface area contributed by atoms with E-state index >= 15 is 0 Å². The Kier molecular flexibility index (Phi) is 3.40. The van der Waals surface area contributed by atoms with Gasteiger partial charge in [0.25, 0.3) is 0 Å². The Morgan fingerprint density at radius 1 is 1.32 bits per heavy atom. The van der Waals surface area contributed by atoms with E-state index in [4.69, 9.17) is 0 Å². The third-order valence-electron chi connectivity index (χ3n) is 5.31. The van der Waals surface area contributed by atoms with E-state index in [0.717, 1.165) is 11.9 Å². The second-order valence-electron chi connectivity index (χ2n) is 6.97. The average Bonchev–Trinajstić information content (AvgIpc) is 2.50. The lowest BCUT2D eigenvalue weighted by Crippen LogP contribution is -2.40. The molecule has 108 valence electrons. The molecule has 2 rings (SSSR count). The van der Waals surface area contributed by atoms with Gasteiger partial charge < -0.3 is 15.3 Å². The lowest BCUT2D eigenvalue weighted by molar-refractivity contribution is -0.105. The van der Waals surface area contributed by atoms with Crippen molar-refractivity contribution in [3.8, 4) is 0 Å². The maximum atomic E-state index is 11.4. The molecule has 0 aliphatic heterocycles. The second kappa shape index (κ2) is 4.40. The number of hydrogen-bond acceptors (Lipinski definition) is 4. The van der Waals surface area contributed by atoms with E-state index < -0.39 is 23.0 Å². The minimum absolute atomic E-state index is 0.0364. The molecule has 0 aromatic heterocycles. The average molecular weight is 268 g/mol. The van der Waals surface area contributed by atoms with Gasteiger partial charge in [-0.15, -0.1) is 0 Å². The topological polar surface area (TPSA) is 77.8 Å². The zero-order valence-electron chi connectivity index (χ0n) is 12.1. The Morgan fingerprint density at radius 2 is 1.89 bits per heavy atom. The minimum Gasteiger partial charge on any atom is -0.395 e. The number of aldehydes is 1. The zero-order chi connectivity index (χ0) is 14.6. The number of hydrogen-bond donors (Lipinski definition) is 3. The van der Waals surface area contributed by atoms with E-state index in [9.17, 15) is 20.1 Å². The smallest absolute Gasteiger partial charge is 0.146 e. The molecule has 1 fully saturated rings. The Morgan fingerprint density at radius 3 is 2.37 bits per heavy atom. The molecule has 19 heavy (non-hydrogen) atoms. The van der Waals surface area contributed by atoms with Crippen molar-refractivity contribution in [1.29, 1.82) is 0 Å². The third-order valence-corrected chi connectivity index (χ3v) is 5.31. The van der Waals surface area contributed by atoms with Gasteiger partial charge in [-0.2, -0.15) is 0 Å². The number of carbonyl (C=O) groups excluding carboxylic acids is 1. The first-order valence-electron chi connectivity index (χ1n) is 6.88. The van der Waals surface area contributed by atoms with Crippen molar-refractivity contribution in [3.63, 3.8) is 0 Å². The minimum atomic E-state index is -0.847. The molecule has 2 aliphatic carbocycles. The maximum absolute atomic E-state index is 11.4. The van der Waals surface area contributed by atoms with Crippen LogP contribution < -0.4 is 0 Å². The van der Waals surface area contributed by atoms with E-state index in [1.807, 2.05) is 20.8 Å². The summed E-state index contributed by atoms with van der Waals surface area (Å²) in [5.41, 5.74) is 0.00553. The normalized spacial score (nSPS) is 45.2. The Labute approximate surface area is 114 Å². The number of aliphatic hydroxyl groups excluding tert-OH is 3. The quantitative estimate of drug-likeness (QED) is 0.650. The second-order valence-corrected chi connectivity index (χ2v) is 6.97. The van der Waals surface area contributed by atoms with Crippen molar-refractivity contribution < 1.29 is 20.1 Å². The molecule has 0 bridgehead atoms. The molecule has 0 aromatic rings. The first kappa shape index (κ1) is 14.7. The summed E-state index contributed by atoms with van der Waals surface area (Å²) in [5.74, 6) is -0.304. The monoisotopic (exact) mass is 268 g/mol. The lowest BCUT2D eigenvalue weighted by atomic mass is 9.68. The van der Waals surface area contributed by atoms with Crippen LogP contribution in [0.25, 0.3) is 0 Å². The fourth-order valence-corrected chi connectivity index (χ4v) is 4.31. The fraction of sp³-hybridized carbons (Fsp3) is 0.800. The predicted octanol–water partition coefficient (Wildman–Crippen LogP) is 0.898. The number of fused-ring (bicyclic) bond motifs is 1. The van der Waals surface area contributed by atoms with Gasteiger partial charge in [0.15, 0.2) is 0 Å². The SMILES string of the molecule is C[C@@H]1C[C@H](O)[C@@H]2C(=C1C=O)[C@@](C)(CO)[C@H](O)C2(C)C. The third kappa shape index (κ3) is 1.73. The molecule has 0 spiro atoms. The molecule has 0 amide bonds. The van der Waals surface area contributed by atoms with Crippen LogP contribution in [0.15, 0.2) is 11.1 Å². The standard InChI is InChI=1S/C15H24O4/c1-8-5-10(18)12-11(9(8)6-16)15(4,7-17)13(19)14(12,2)3/h6,8,10,12-13,17-19H,5,7H2,1-4H3/t8-,10+,12-,13-,15-/m1/s1. The van der Waals surface area contributed by atoms with E-state index in [2.05, 4.69) is 0 Å². The summed E-state index contributed by atoms with van der Waals surface area (Å²) in [6, 6.07) is 0. The summed E-state index contributed by atoms with van der Waals surface area (Å²) in [6.07, 6.45) is 0.00694. The van der Waals surface area contributed by atoms with Gasteiger partial charge in [-0.1, -0.05) is 27.7 Å². The molecule has 0 aromatic carbocycles. The summed E-state index contributed by atoms with van der Waals surface area (Å²) in [7, 11) is 0. The molecule has 1 saturated carbocycles. The van der Waals surface area contributed by atoms with Crippen molar-refractivity contribution in [2.24, 2.45) is 22.7 Å². The summed E-state index contributed by atoms with van der Waals surface area (Å²) in [6.45, 7) is 7.25. The number of allylic oxidation sites excluding steroid dienone is 1. The molecule has 0 saturated heterocycles. The van der Waals surface area contributed by atoms with Crippen molar-refractivity contribution in [2.45, 2.75) is 46.3 Å². The predicted molar refractivity (Wildman–Crippen MR) is 71.3 cm³/mol. The van der Waals surface area contributed by atoms with Crippen LogP contribution in [0.4, 0.5) is 0 Å². The zero-order valence-corrected chi connectivity index (χ0v) is 12.1. The van der Waals surface area contributed by atoms with E-state index in [1.165, 1.54) is 0 Å². The highest BCUT2D eigenvalue weighted by Gasteiger charge is 2.62. The molecule has 2 aliphatic rings. The first-order chi connectivity index (χ1) is 8.71. The van der Waals surface area contributed by atoms with E-state index in [-0.39, 0.29) is 18.4 Å². The van der Waals surface area contributed by atoms with Gasteiger partial charge >= 0.3 is 0 Å². The van der Waals surface area contributed by atoms with Crippen LogP contribution in [-0.4, -0.2) is 40.4 Å². The molecule has 0 heterocycles. The molecule has 3 N–H and O–H groups in total. The summed E-state index contributed by atoms with van der Waals surface area (Å²) < 4.78 is 0. The maximum Gasteiger partial charge on any atom is 0.146 e. The van der Waals surface area contributed by atoms with E-state index in [1.54, 1.807) is 6.92 Å². The van der Waals surface area contributed by atoms with Gasteiger partial charge in [-0.25, -0.2) is 0 Å². The molecule has 4 nitrogen and oxygen atoms in total. The highest BCUT2D eigenvalue weighted by atomic mass is 16.3. The van der Waals surface area contributed by atoms with Crippen LogP contribution >= 0.6 is 0 Å². The summed E-state index contributed by atoms with van der Waals surface area (Å²) >= 11 is 0. The van der Waals surface area contributed by atoms with Gasteiger partial charge in [0.05, 0.1) is 18.8 Å². The molecule has 4 heteroatoms. The van der Waals surface area contributed by atoms with Gasteiger partial charge in [0, 0.05) is 16.7 Å². The van der Waals surface area contributed by atoms with Gasteiger partial charge in [-0.3, -0.25) is 4.79 Å². The Bertz CT molecular complexity index is 426. The fourth-order valence-electron chi connectivity index (χ4n) is 4.31. The van der Waals surface area contributed by atoms with Crippen molar-refractivity contribution in [1.82, 2.24) is 0 Å². The number of aliphatic hydroxyl groups is 3. The molecular formula is C15H24O4. The van der Waals surface area contributed by atoms with Crippen molar-refractivity contribution >= 4 is 6.29 Å². The van der Waals surface area contributed by atoms with Crippen LogP contribution in [0.5, 0.6) is 0 Å². The molecule has 0 unspecified atom stereocenters.